The highest BCUT2D eigenvalue weighted by atomic mass is 127. The van der Waals surface area contributed by atoms with Crippen molar-refractivity contribution >= 4 is 45.5 Å². The molecule has 0 amide bonds. The number of piperidine rings is 1. The lowest BCUT2D eigenvalue weighted by Crippen LogP contribution is -2.44. The second-order valence-electron chi connectivity index (χ2n) is 3.92. The van der Waals surface area contributed by atoms with Gasteiger partial charge in [0.2, 0.25) is 0 Å². The SMILES string of the molecule is IC1CC2(CCN(I)CC2)C1. The molecule has 11 heavy (non-hydrogen) atoms. The molecule has 1 spiro atoms. The third-order valence-electron chi connectivity index (χ3n) is 3.08. The molecule has 1 nitrogen and oxygen atoms in total. The normalized spacial score (nSPS) is 32.2. The number of rotatable bonds is 0. The van der Waals surface area contributed by atoms with Gasteiger partial charge in [-0.25, -0.2) is 3.11 Å². The van der Waals surface area contributed by atoms with Crippen LogP contribution in [-0.4, -0.2) is 20.1 Å². The number of hydrogen-bond acceptors (Lipinski definition) is 1. The smallest absolute Gasteiger partial charge is 0.0201 e. The van der Waals surface area contributed by atoms with Crippen molar-refractivity contribution in [3.63, 3.8) is 0 Å². The Bertz CT molecular complexity index is 144. The molecule has 1 aliphatic heterocycles. The Kier molecular flexibility index (Phi) is 2.69. The van der Waals surface area contributed by atoms with E-state index in [9.17, 15) is 0 Å². The fraction of sp³-hybridized carbons (Fsp3) is 1.00. The van der Waals surface area contributed by atoms with E-state index in [0.717, 1.165) is 9.34 Å². The highest BCUT2D eigenvalue weighted by Gasteiger charge is 2.44. The van der Waals surface area contributed by atoms with Crippen LogP contribution in [0.25, 0.3) is 0 Å². The van der Waals surface area contributed by atoms with E-state index in [2.05, 4.69) is 48.6 Å². The Morgan fingerprint density at radius 1 is 1.18 bits per heavy atom. The summed E-state index contributed by atoms with van der Waals surface area (Å²) in [4.78, 5) is 0. The predicted octanol–water partition coefficient (Wildman–Crippen LogP) is 3.02. The summed E-state index contributed by atoms with van der Waals surface area (Å²) in [7, 11) is 0. The summed E-state index contributed by atoms with van der Waals surface area (Å²) < 4.78 is 3.43. The molecule has 0 unspecified atom stereocenters. The van der Waals surface area contributed by atoms with E-state index >= 15 is 0 Å². The van der Waals surface area contributed by atoms with Gasteiger partial charge in [-0.15, -0.1) is 0 Å². The number of hydrogen-bond donors (Lipinski definition) is 0. The van der Waals surface area contributed by atoms with Crippen LogP contribution in [0.1, 0.15) is 25.7 Å². The molecule has 0 bridgehead atoms. The first-order valence-electron chi connectivity index (χ1n) is 4.25. The number of halogens is 2. The van der Waals surface area contributed by atoms with Gasteiger partial charge in [0.25, 0.3) is 0 Å². The molecule has 64 valence electrons. The second kappa shape index (κ2) is 3.29. The lowest BCUT2D eigenvalue weighted by Gasteiger charge is -2.49. The van der Waals surface area contributed by atoms with Gasteiger partial charge in [-0.1, -0.05) is 22.6 Å². The van der Waals surface area contributed by atoms with Crippen LogP contribution in [0.3, 0.4) is 0 Å². The van der Waals surface area contributed by atoms with Gasteiger partial charge in [-0.2, -0.15) is 0 Å². The summed E-state index contributed by atoms with van der Waals surface area (Å²) in [6.07, 6.45) is 5.90. The molecule has 0 aromatic rings. The van der Waals surface area contributed by atoms with Gasteiger partial charge in [0, 0.05) is 39.9 Å². The summed E-state index contributed by atoms with van der Waals surface area (Å²) >= 11 is 5.05. The van der Waals surface area contributed by atoms with Gasteiger partial charge in [0.1, 0.15) is 0 Å². The summed E-state index contributed by atoms with van der Waals surface area (Å²) in [5.74, 6) is 0. The van der Waals surface area contributed by atoms with Gasteiger partial charge in [0.05, 0.1) is 0 Å². The molecule has 2 aliphatic rings. The Morgan fingerprint density at radius 3 is 2.18 bits per heavy atom. The van der Waals surface area contributed by atoms with Crippen molar-refractivity contribution < 1.29 is 0 Å². The lowest BCUT2D eigenvalue weighted by molar-refractivity contribution is 0.0805. The van der Waals surface area contributed by atoms with Crippen LogP contribution in [-0.2, 0) is 0 Å². The Hall–Kier alpha value is 1.42. The molecular formula is C8H13I2N. The fourth-order valence-corrected chi connectivity index (χ4v) is 4.59. The molecular weight excluding hydrogens is 364 g/mol. The third kappa shape index (κ3) is 1.85. The lowest BCUT2D eigenvalue weighted by atomic mass is 9.63. The largest absolute Gasteiger partial charge is 0.248 e. The molecule has 1 heterocycles. The molecule has 0 radical (unpaired) electrons. The molecule has 0 atom stereocenters. The van der Waals surface area contributed by atoms with Crippen LogP contribution in [0.2, 0.25) is 0 Å². The summed E-state index contributed by atoms with van der Waals surface area (Å²) in [5.41, 5.74) is 0.799. The minimum atomic E-state index is 0.799. The van der Waals surface area contributed by atoms with Crippen LogP contribution in [0.4, 0.5) is 0 Å². The molecule has 2 rings (SSSR count). The monoisotopic (exact) mass is 377 g/mol. The van der Waals surface area contributed by atoms with E-state index < -0.39 is 0 Å². The minimum absolute atomic E-state index is 0.799. The Morgan fingerprint density at radius 2 is 1.73 bits per heavy atom. The molecule has 0 aromatic carbocycles. The fourth-order valence-electron chi connectivity index (χ4n) is 2.24. The van der Waals surface area contributed by atoms with Gasteiger partial charge < -0.3 is 0 Å². The minimum Gasteiger partial charge on any atom is -0.248 e. The first-order valence-corrected chi connectivity index (χ1v) is 6.46. The maximum absolute atomic E-state index is 2.60. The molecule has 0 N–H and O–H groups in total. The molecule has 3 heteroatoms. The van der Waals surface area contributed by atoms with Crippen molar-refractivity contribution in [1.29, 1.82) is 0 Å². The molecule has 1 saturated carbocycles. The maximum atomic E-state index is 2.60. The average Bonchev–Trinajstić information content (AvgIpc) is 1.92. The van der Waals surface area contributed by atoms with Crippen LogP contribution in [0.5, 0.6) is 0 Å². The first-order chi connectivity index (χ1) is 5.20. The van der Waals surface area contributed by atoms with Crippen molar-refractivity contribution in [3.8, 4) is 0 Å². The van der Waals surface area contributed by atoms with Crippen LogP contribution < -0.4 is 0 Å². The van der Waals surface area contributed by atoms with E-state index in [4.69, 9.17) is 0 Å². The second-order valence-corrected chi connectivity index (χ2v) is 7.04. The van der Waals surface area contributed by atoms with Crippen molar-refractivity contribution in [1.82, 2.24) is 3.11 Å². The van der Waals surface area contributed by atoms with Crippen molar-refractivity contribution in [3.05, 3.63) is 0 Å². The highest BCUT2D eigenvalue weighted by Crippen LogP contribution is 2.52. The quantitative estimate of drug-likeness (QED) is 0.357. The standard InChI is InChI=1S/C8H13I2N/c9-7-5-8(6-7)1-3-11(10)4-2-8/h7H,1-6H2. The van der Waals surface area contributed by atoms with E-state index in [1.807, 2.05) is 0 Å². The Labute approximate surface area is 95.9 Å². The zero-order valence-corrected chi connectivity index (χ0v) is 10.8. The van der Waals surface area contributed by atoms with Gasteiger partial charge in [-0.3, -0.25) is 0 Å². The van der Waals surface area contributed by atoms with Gasteiger partial charge >= 0.3 is 0 Å². The maximum Gasteiger partial charge on any atom is 0.0201 e. The van der Waals surface area contributed by atoms with Crippen LogP contribution >= 0.6 is 45.5 Å². The summed E-state index contributed by atoms with van der Waals surface area (Å²) in [6, 6.07) is 0. The van der Waals surface area contributed by atoms with E-state index in [0.29, 0.717) is 0 Å². The van der Waals surface area contributed by atoms with Crippen molar-refractivity contribution in [2.24, 2.45) is 5.41 Å². The highest BCUT2D eigenvalue weighted by molar-refractivity contribution is 14.1. The number of nitrogens with zero attached hydrogens (tertiary/aromatic N) is 1. The Balaban J connectivity index is 1.88. The topological polar surface area (TPSA) is 3.24 Å². The third-order valence-corrected chi connectivity index (χ3v) is 4.92. The summed E-state index contributed by atoms with van der Waals surface area (Å²) in [6.45, 7) is 2.65. The first kappa shape index (κ1) is 8.99. The zero-order valence-electron chi connectivity index (χ0n) is 6.52. The van der Waals surface area contributed by atoms with E-state index in [1.165, 1.54) is 38.8 Å². The van der Waals surface area contributed by atoms with E-state index in [-0.39, 0.29) is 0 Å². The molecule has 2 fully saturated rings. The number of alkyl halides is 1. The predicted molar refractivity (Wildman–Crippen MR) is 64.3 cm³/mol. The average molecular weight is 377 g/mol. The van der Waals surface area contributed by atoms with Crippen molar-refractivity contribution in [2.75, 3.05) is 13.1 Å². The van der Waals surface area contributed by atoms with Crippen LogP contribution in [0.15, 0.2) is 0 Å². The summed E-state index contributed by atoms with van der Waals surface area (Å²) in [5, 5.41) is 0. The molecule has 1 aliphatic carbocycles. The molecule has 0 aromatic heterocycles. The van der Waals surface area contributed by atoms with Gasteiger partial charge in [0.15, 0.2) is 0 Å². The van der Waals surface area contributed by atoms with Crippen LogP contribution in [0, 0.1) is 5.41 Å². The molecule has 1 saturated heterocycles. The van der Waals surface area contributed by atoms with E-state index in [1.54, 1.807) is 0 Å². The zero-order chi connectivity index (χ0) is 7.90. The van der Waals surface area contributed by atoms with Gasteiger partial charge in [-0.05, 0) is 31.1 Å². The van der Waals surface area contributed by atoms with Crippen molar-refractivity contribution in [2.45, 2.75) is 29.6 Å².